The van der Waals surface area contributed by atoms with Crippen LogP contribution in [0.5, 0.6) is 5.75 Å². The fourth-order valence-corrected chi connectivity index (χ4v) is 4.13. The summed E-state index contributed by atoms with van der Waals surface area (Å²) in [7, 11) is 0. The van der Waals surface area contributed by atoms with Crippen LogP contribution in [0.25, 0.3) is 0 Å². The van der Waals surface area contributed by atoms with Gasteiger partial charge in [0.15, 0.2) is 0 Å². The maximum absolute atomic E-state index is 14.6. The molecule has 0 saturated carbocycles. The molecule has 3 N–H and O–H groups in total. The van der Waals surface area contributed by atoms with Crippen LogP contribution in [-0.4, -0.2) is 6.61 Å². The van der Waals surface area contributed by atoms with Crippen LogP contribution in [0.3, 0.4) is 0 Å². The van der Waals surface area contributed by atoms with Gasteiger partial charge in [-0.15, -0.1) is 0 Å². The smallest absolute Gasteiger partial charge is 0.422 e. The van der Waals surface area contributed by atoms with E-state index in [-0.39, 0.29) is 23.7 Å². The molecular weight excluding hydrogens is 577 g/mol. The van der Waals surface area contributed by atoms with E-state index in [1.54, 1.807) is 6.07 Å². The van der Waals surface area contributed by atoms with Gasteiger partial charge in [-0.05, 0) is 49.4 Å². The zero-order valence-corrected chi connectivity index (χ0v) is 21.6. The van der Waals surface area contributed by atoms with Gasteiger partial charge in [0.05, 0.1) is 40.5 Å². The number of benzene rings is 4. The van der Waals surface area contributed by atoms with Crippen molar-refractivity contribution < 1.29 is 44.3 Å². The number of para-hydroxylation sites is 2. The van der Waals surface area contributed by atoms with Crippen molar-refractivity contribution in [2.75, 3.05) is 22.6 Å². The number of alkyl halides is 9. The van der Waals surface area contributed by atoms with Crippen molar-refractivity contribution in [3.8, 4) is 5.75 Å². The van der Waals surface area contributed by atoms with Crippen molar-refractivity contribution in [3.63, 3.8) is 0 Å². The lowest BCUT2D eigenvalue weighted by atomic mass is 10.0. The predicted molar refractivity (Wildman–Crippen MR) is 142 cm³/mol. The fraction of sp³-hybridized carbons (Fsp3) is 0.172. The van der Waals surface area contributed by atoms with E-state index < -0.39 is 58.0 Å². The molecule has 0 unspecified atom stereocenters. The maximum Gasteiger partial charge on any atom is 0.422 e. The van der Waals surface area contributed by atoms with Crippen molar-refractivity contribution in [3.05, 3.63) is 102 Å². The van der Waals surface area contributed by atoms with Crippen molar-refractivity contribution in [2.24, 2.45) is 0 Å². The normalized spacial score (nSPS) is 12.1. The van der Waals surface area contributed by atoms with E-state index in [1.165, 1.54) is 43.3 Å². The minimum atomic E-state index is -5.07. The van der Waals surface area contributed by atoms with Gasteiger partial charge in [0, 0.05) is 17.4 Å². The molecule has 222 valence electrons. The highest BCUT2D eigenvalue weighted by atomic mass is 19.4. The Morgan fingerprint density at radius 3 is 1.83 bits per heavy atom. The van der Waals surface area contributed by atoms with Crippen molar-refractivity contribution >= 4 is 34.1 Å². The first kappa shape index (κ1) is 30.4. The highest BCUT2D eigenvalue weighted by Gasteiger charge is 2.41. The maximum atomic E-state index is 14.6. The van der Waals surface area contributed by atoms with Crippen LogP contribution >= 0.6 is 0 Å². The van der Waals surface area contributed by atoms with Gasteiger partial charge >= 0.3 is 18.5 Å². The molecule has 0 aliphatic heterocycles. The summed E-state index contributed by atoms with van der Waals surface area (Å²) < 4.78 is 131. The molecule has 0 aromatic heterocycles. The Balaban J connectivity index is 2.02. The van der Waals surface area contributed by atoms with Crippen LogP contribution in [0.2, 0.25) is 0 Å². The zero-order chi connectivity index (χ0) is 30.7. The first-order valence-electron chi connectivity index (χ1n) is 12.3. The number of ether oxygens (including phenoxy) is 1. The first-order valence-corrected chi connectivity index (χ1v) is 12.3. The number of nitrogens with one attached hydrogen (secondary N) is 3. The molecule has 0 aliphatic carbocycles. The third-order valence-electron chi connectivity index (χ3n) is 5.88. The molecule has 0 heterocycles. The van der Waals surface area contributed by atoms with Gasteiger partial charge < -0.3 is 20.7 Å². The minimum Gasteiger partial charge on any atom is -0.493 e. The number of hydrogen-bond acceptors (Lipinski definition) is 4. The Hall–Kier alpha value is -4.55. The van der Waals surface area contributed by atoms with Gasteiger partial charge in [0.25, 0.3) is 0 Å². The monoisotopic (exact) mass is 599 g/mol. The Morgan fingerprint density at radius 1 is 0.571 bits per heavy atom. The van der Waals surface area contributed by atoms with Gasteiger partial charge in [0.1, 0.15) is 11.3 Å². The van der Waals surface area contributed by atoms with Crippen LogP contribution in [0.1, 0.15) is 23.6 Å². The number of hydrogen-bond donors (Lipinski definition) is 3. The highest BCUT2D eigenvalue weighted by molar-refractivity contribution is 5.94. The second-order valence-corrected chi connectivity index (χ2v) is 8.84. The lowest BCUT2D eigenvalue weighted by molar-refractivity contribution is -0.138. The van der Waals surface area contributed by atoms with Gasteiger partial charge in [-0.1, -0.05) is 36.4 Å². The Labute approximate surface area is 234 Å². The van der Waals surface area contributed by atoms with Gasteiger partial charge in [-0.25, -0.2) is 0 Å². The number of anilines is 6. The second kappa shape index (κ2) is 11.7. The number of halogens is 9. The molecule has 0 bridgehead atoms. The third-order valence-corrected chi connectivity index (χ3v) is 5.88. The van der Waals surface area contributed by atoms with Gasteiger partial charge in [0.2, 0.25) is 0 Å². The van der Waals surface area contributed by atoms with Crippen molar-refractivity contribution in [1.82, 2.24) is 0 Å². The van der Waals surface area contributed by atoms with Crippen LogP contribution < -0.4 is 20.7 Å². The Morgan fingerprint density at radius 2 is 1.21 bits per heavy atom. The Bertz CT molecular complexity index is 1530. The molecule has 13 heteroatoms. The van der Waals surface area contributed by atoms with Crippen LogP contribution in [-0.2, 0) is 18.5 Å². The molecule has 4 rings (SSSR count). The van der Waals surface area contributed by atoms with Gasteiger partial charge in [-0.2, -0.15) is 39.5 Å². The van der Waals surface area contributed by atoms with E-state index in [0.717, 1.165) is 42.5 Å². The summed E-state index contributed by atoms with van der Waals surface area (Å²) in [5.41, 5.74) is -5.73. The molecule has 0 fully saturated rings. The average Bonchev–Trinajstić information content (AvgIpc) is 2.90. The predicted octanol–water partition coefficient (Wildman–Crippen LogP) is 10.4. The molecule has 4 aromatic carbocycles. The van der Waals surface area contributed by atoms with E-state index >= 15 is 0 Å². The van der Waals surface area contributed by atoms with E-state index in [1.807, 2.05) is 0 Å². The van der Waals surface area contributed by atoms with Gasteiger partial charge in [-0.3, -0.25) is 0 Å². The van der Waals surface area contributed by atoms with Crippen LogP contribution in [0.4, 0.5) is 73.6 Å². The van der Waals surface area contributed by atoms with Crippen molar-refractivity contribution in [1.29, 1.82) is 0 Å². The molecule has 0 radical (unpaired) electrons. The number of rotatable bonds is 8. The average molecular weight is 599 g/mol. The summed E-state index contributed by atoms with van der Waals surface area (Å²) in [6.07, 6.45) is -14.7. The van der Waals surface area contributed by atoms with E-state index in [9.17, 15) is 39.5 Å². The van der Waals surface area contributed by atoms with E-state index in [0.29, 0.717) is 0 Å². The lowest BCUT2D eigenvalue weighted by Crippen LogP contribution is -2.16. The molecule has 0 amide bonds. The third kappa shape index (κ3) is 7.01. The molecule has 0 atom stereocenters. The molecule has 4 nitrogen and oxygen atoms in total. The molecule has 0 aliphatic rings. The summed E-state index contributed by atoms with van der Waals surface area (Å²) in [6, 6.07) is 16.3. The summed E-state index contributed by atoms with van der Waals surface area (Å²) in [4.78, 5) is 0. The van der Waals surface area contributed by atoms with Crippen molar-refractivity contribution in [2.45, 2.75) is 25.5 Å². The highest BCUT2D eigenvalue weighted by Crippen LogP contribution is 2.51. The topological polar surface area (TPSA) is 45.3 Å². The molecule has 4 aromatic rings. The standard InChI is InChI=1S/C29H22F9N3O/c1-2-42-23-16-22(39-19-12-8-9-17(15-19)27(30,31)32)25(41-21-14-7-6-13-20(21)28(33,34)35)26(24(23)29(36,37)38)40-18-10-4-3-5-11-18/h3-16,39-41H,2H2,1H3. The van der Waals surface area contributed by atoms with Crippen LogP contribution in [0, 0.1) is 0 Å². The van der Waals surface area contributed by atoms with Crippen LogP contribution in [0.15, 0.2) is 84.9 Å². The van der Waals surface area contributed by atoms with E-state index in [2.05, 4.69) is 16.0 Å². The zero-order valence-electron chi connectivity index (χ0n) is 21.6. The summed E-state index contributed by atoms with van der Waals surface area (Å²) in [5, 5.41) is 7.72. The minimum absolute atomic E-state index is 0.147. The molecule has 0 spiro atoms. The second-order valence-electron chi connectivity index (χ2n) is 8.84. The quantitative estimate of drug-likeness (QED) is 0.176. The Kier molecular flexibility index (Phi) is 8.50. The lowest BCUT2D eigenvalue weighted by Gasteiger charge is -2.26. The fourth-order valence-electron chi connectivity index (χ4n) is 4.13. The molecular formula is C29H22F9N3O. The summed E-state index contributed by atoms with van der Waals surface area (Å²) >= 11 is 0. The largest absolute Gasteiger partial charge is 0.493 e. The molecule has 0 saturated heterocycles. The summed E-state index contributed by atoms with van der Waals surface area (Å²) in [5.74, 6) is -0.701. The summed E-state index contributed by atoms with van der Waals surface area (Å²) in [6.45, 7) is 1.20. The van der Waals surface area contributed by atoms with E-state index in [4.69, 9.17) is 4.74 Å². The first-order chi connectivity index (χ1) is 19.7. The molecule has 42 heavy (non-hydrogen) atoms. The SMILES string of the molecule is CCOc1cc(Nc2cccc(C(F)(F)F)c2)c(Nc2ccccc2C(F)(F)F)c(Nc2ccccc2)c1C(F)(F)F.